The van der Waals surface area contributed by atoms with Crippen LogP contribution in [0.5, 0.6) is 0 Å². The number of aromatic carboxylic acids is 1. The fraction of sp³-hybridized carbons (Fsp3) is 0.390. The molecule has 1 saturated carbocycles. The van der Waals surface area contributed by atoms with Crippen LogP contribution < -0.4 is 5.32 Å². The Labute approximate surface area is 265 Å². The lowest BCUT2D eigenvalue weighted by Crippen LogP contribution is -2.13. The number of benzene rings is 3. The van der Waals surface area contributed by atoms with Gasteiger partial charge in [0, 0.05) is 23.4 Å². The number of carboxylic acid groups (broad SMARTS) is 1. The van der Waals surface area contributed by atoms with Crippen molar-refractivity contribution in [3.8, 4) is 0 Å². The van der Waals surface area contributed by atoms with Gasteiger partial charge in [0.1, 0.15) is 0 Å². The van der Waals surface area contributed by atoms with Crippen molar-refractivity contribution in [1.29, 1.82) is 0 Å². The van der Waals surface area contributed by atoms with Gasteiger partial charge in [-0.2, -0.15) is 0 Å². The lowest BCUT2D eigenvalue weighted by molar-refractivity contribution is 0.0696. The molecule has 0 aliphatic heterocycles. The van der Waals surface area contributed by atoms with Gasteiger partial charge in [0.25, 0.3) is 0 Å². The first-order valence-electron chi connectivity index (χ1n) is 16.6. The SMILES string of the molecule is C=C(/C=C\c1c(C)ccc(/C(C)=C(/c2ccc(C(=O)O)cc2C)C2CCCCC2)c1NCCCCC)c1ccc(CC)cc1. The van der Waals surface area contributed by atoms with Crippen LogP contribution in [-0.2, 0) is 6.42 Å². The Morgan fingerprint density at radius 3 is 2.23 bits per heavy atom. The molecular weight excluding hydrogens is 538 g/mol. The van der Waals surface area contributed by atoms with Crippen molar-refractivity contribution in [1.82, 2.24) is 0 Å². The molecule has 1 aliphatic rings. The maximum absolute atomic E-state index is 11.7. The molecule has 0 spiro atoms. The number of carbonyl (C=O) groups is 1. The molecule has 1 aliphatic carbocycles. The van der Waals surface area contributed by atoms with Crippen LogP contribution in [0, 0.1) is 19.8 Å². The molecule has 0 aromatic heterocycles. The van der Waals surface area contributed by atoms with E-state index in [4.69, 9.17) is 0 Å². The third-order valence-electron chi connectivity index (χ3n) is 9.31. The summed E-state index contributed by atoms with van der Waals surface area (Å²) >= 11 is 0. The monoisotopic (exact) mass is 589 g/mol. The summed E-state index contributed by atoms with van der Waals surface area (Å²) in [6.45, 7) is 16.3. The van der Waals surface area contributed by atoms with E-state index < -0.39 is 5.97 Å². The molecule has 4 rings (SSSR count). The molecule has 0 bridgehead atoms. The molecule has 3 nitrogen and oxygen atoms in total. The van der Waals surface area contributed by atoms with E-state index in [1.165, 1.54) is 89.6 Å². The summed E-state index contributed by atoms with van der Waals surface area (Å²) < 4.78 is 0. The molecule has 232 valence electrons. The van der Waals surface area contributed by atoms with E-state index in [2.05, 4.69) is 95.1 Å². The Kier molecular flexibility index (Phi) is 11.8. The fourth-order valence-electron chi connectivity index (χ4n) is 6.63. The minimum Gasteiger partial charge on any atom is -0.478 e. The molecule has 0 amide bonds. The molecule has 0 unspecified atom stereocenters. The number of hydrogen-bond acceptors (Lipinski definition) is 2. The van der Waals surface area contributed by atoms with Crippen molar-refractivity contribution < 1.29 is 9.90 Å². The Balaban J connectivity index is 1.85. The van der Waals surface area contributed by atoms with Crippen molar-refractivity contribution in [3.05, 3.63) is 112 Å². The first kappa shape index (κ1) is 33.1. The van der Waals surface area contributed by atoms with E-state index in [9.17, 15) is 9.90 Å². The van der Waals surface area contributed by atoms with Gasteiger partial charge in [0.15, 0.2) is 0 Å². The van der Waals surface area contributed by atoms with Gasteiger partial charge in [-0.05, 0) is 109 Å². The topological polar surface area (TPSA) is 49.3 Å². The van der Waals surface area contributed by atoms with Crippen molar-refractivity contribution in [2.75, 3.05) is 11.9 Å². The van der Waals surface area contributed by atoms with Crippen LogP contribution >= 0.6 is 0 Å². The second-order valence-electron chi connectivity index (χ2n) is 12.5. The number of nitrogens with one attached hydrogen (secondary N) is 1. The quantitative estimate of drug-likeness (QED) is 0.118. The predicted molar refractivity (Wildman–Crippen MR) is 190 cm³/mol. The number of carboxylic acids is 1. The molecule has 3 aromatic carbocycles. The molecule has 0 radical (unpaired) electrons. The van der Waals surface area contributed by atoms with Crippen molar-refractivity contribution >= 4 is 34.5 Å². The summed E-state index contributed by atoms with van der Waals surface area (Å²) in [6, 6.07) is 18.9. The number of hydrogen-bond donors (Lipinski definition) is 2. The molecular formula is C41H51NO2. The van der Waals surface area contributed by atoms with Crippen LogP contribution in [-0.4, -0.2) is 17.6 Å². The van der Waals surface area contributed by atoms with Gasteiger partial charge in [-0.3, -0.25) is 0 Å². The molecule has 2 N–H and O–H groups in total. The van der Waals surface area contributed by atoms with E-state index in [1.54, 1.807) is 6.07 Å². The zero-order valence-electron chi connectivity index (χ0n) is 27.6. The summed E-state index contributed by atoms with van der Waals surface area (Å²) in [5.74, 6) is -0.423. The highest BCUT2D eigenvalue weighted by Gasteiger charge is 2.25. The lowest BCUT2D eigenvalue weighted by atomic mass is 9.76. The maximum atomic E-state index is 11.7. The largest absolute Gasteiger partial charge is 0.478 e. The minimum atomic E-state index is -0.879. The highest BCUT2D eigenvalue weighted by Crippen LogP contribution is 2.43. The van der Waals surface area contributed by atoms with Gasteiger partial charge in [-0.25, -0.2) is 4.79 Å². The van der Waals surface area contributed by atoms with Crippen LogP contribution in [0.3, 0.4) is 0 Å². The Morgan fingerprint density at radius 2 is 1.59 bits per heavy atom. The lowest BCUT2D eigenvalue weighted by Gasteiger charge is -2.29. The van der Waals surface area contributed by atoms with Gasteiger partial charge in [0.05, 0.1) is 5.56 Å². The smallest absolute Gasteiger partial charge is 0.335 e. The number of rotatable bonds is 13. The molecule has 0 saturated heterocycles. The Hall–Kier alpha value is -3.85. The predicted octanol–water partition coefficient (Wildman–Crippen LogP) is 11.4. The average Bonchev–Trinajstić information content (AvgIpc) is 3.03. The molecule has 1 fully saturated rings. The zero-order valence-corrected chi connectivity index (χ0v) is 27.6. The highest BCUT2D eigenvalue weighted by atomic mass is 16.4. The number of aryl methyl sites for hydroxylation is 3. The van der Waals surface area contributed by atoms with E-state index in [-0.39, 0.29) is 0 Å². The highest BCUT2D eigenvalue weighted by molar-refractivity contribution is 5.98. The summed E-state index contributed by atoms with van der Waals surface area (Å²) in [6.07, 6.45) is 15.0. The minimum absolute atomic E-state index is 0.345. The van der Waals surface area contributed by atoms with E-state index in [0.29, 0.717) is 11.5 Å². The Morgan fingerprint density at radius 1 is 0.909 bits per heavy atom. The first-order valence-corrected chi connectivity index (χ1v) is 16.6. The number of allylic oxidation sites excluding steroid dienone is 4. The van der Waals surface area contributed by atoms with Gasteiger partial charge in [-0.15, -0.1) is 0 Å². The van der Waals surface area contributed by atoms with Crippen LogP contribution in [0.1, 0.15) is 121 Å². The second-order valence-corrected chi connectivity index (χ2v) is 12.5. The third kappa shape index (κ3) is 8.00. The van der Waals surface area contributed by atoms with E-state index >= 15 is 0 Å². The molecule has 3 heteroatoms. The molecule has 3 aromatic rings. The number of anilines is 1. The summed E-state index contributed by atoms with van der Waals surface area (Å²) in [5, 5.41) is 13.5. The normalized spacial score (nSPS) is 14.5. The summed E-state index contributed by atoms with van der Waals surface area (Å²) in [5.41, 5.74) is 13.5. The molecule has 44 heavy (non-hydrogen) atoms. The van der Waals surface area contributed by atoms with E-state index in [1.807, 2.05) is 12.1 Å². The second kappa shape index (κ2) is 15.7. The Bertz CT molecular complexity index is 1520. The van der Waals surface area contributed by atoms with Crippen molar-refractivity contribution in [2.24, 2.45) is 5.92 Å². The molecule has 0 atom stereocenters. The van der Waals surface area contributed by atoms with Crippen molar-refractivity contribution in [2.45, 2.75) is 92.4 Å². The van der Waals surface area contributed by atoms with Gasteiger partial charge >= 0.3 is 5.97 Å². The fourth-order valence-corrected chi connectivity index (χ4v) is 6.63. The van der Waals surface area contributed by atoms with Gasteiger partial charge in [-0.1, -0.05) is 107 Å². The van der Waals surface area contributed by atoms with Crippen LogP contribution in [0.4, 0.5) is 5.69 Å². The van der Waals surface area contributed by atoms with E-state index in [0.717, 1.165) is 36.1 Å². The van der Waals surface area contributed by atoms with Crippen LogP contribution in [0.15, 0.2) is 67.3 Å². The third-order valence-corrected chi connectivity index (χ3v) is 9.31. The summed E-state index contributed by atoms with van der Waals surface area (Å²) in [7, 11) is 0. The first-order chi connectivity index (χ1) is 21.2. The van der Waals surface area contributed by atoms with Gasteiger partial charge in [0.2, 0.25) is 0 Å². The van der Waals surface area contributed by atoms with Gasteiger partial charge < -0.3 is 10.4 Å². The standard InChI is InChI=1S/C41H51NO2/c1-7-9-13-26-42-40-37(23-16-28(3)33-20-18-32(8-2)19-21-33)29(4)17-24-38(40)31(6)39(34-14-11-10-12-15-34)36-25-22-35(41(43)44)27-30(36)5/h16-25,27,34,42H,3,7-15,26H2,1-2,4-6H3,(H,43,44)/b23-16-,39-31+. The summed E-state index contributed by atoms with van der Waals surface area (Å²) in [4.78, 5) is 11.7. The number of unbranched alkanes of at least 4 members (excludes halogenated alkanes) is 2. The zero-order chi connectivity index (χ0) is 31.6. The maximum Gasteiger partial charge on any atom is 0.335 e. The molecule has 0 heterocycles. The van der Waals surface area contributed by atoms with Crippen LogP contribution in [0.2, 0.25) is 0 Å². The average molecular weight is 590 g/mol. The van der Waals surface area contributed by atoms with Crippen molar-refractivity contribution in [3.63, 3.8) is 0 Å². The van der Waals surface area contributed by atoms with Crippen LogP contribution in [0.25, 0.3) is 22.8 Å².